The van der Waals surface area contributed by atoms with Crippen molar-refractivity contribution in [2.45, 2.75) is 38.7 Å². The summed E-state index contributed by atoms with van der Waals surface area (Å²) in [7, 11) is 1.66. The Balaban J connectivity index is 1.52. The van der Waals surface area contributed by atoms with Crippen LogP contribution >= 0.6 is 11.7 Å². The summed E-state index contributed by atoms with van der Waals surface area (Å²) in [6, 6.07) is 7.79. The van der Waals surface area contributed by atoms with Crippen molar-refractivity contribution in [1.82, 2.24) is 13.6 Å². The first-order valence-corrected chi connectivity index (χ1v) is 10.7. The molecular formula is C22H27N3O2S. The van der Waals surface area contributed by atoms with E-state index in [1.165, 1.54) is 37.7 Å². The lowest BCUT2D eigenvalue weighted by Gasteiger charge is -2.22. The minimum absolute atomic E-state index is 0.227. The number of rotatable bonds is 5. The lowest BCUT2D eigenvalue weighted by atomic mass is 9.89. The van der Waals surface area contributed by atoms with Crippen molar-refractivity contribution in [3.8, 4) is 23.5 Å². The lowest BCUT2D eigenvalue weighted by molar-refractivity contribution is 0.196. The Hall–Kier alpha value is -2.10. The van der Waals surface area contributed by atoms with Crippen LogP contribution in [0.15, 0.2) is 24.3 Å². The Morgan fingerprint density at radius 1 is 1.25 bits per heavy atom. The molecule has 2 saturated heterocycles. The third kappa shape index (κ3) is 4.16. The molecular weight excluding hydrogens is 370 g/mol. The van der Waals surface area contributed by atoms with E-state index < -0.39 is 0 Å². The molecule has 0 aliphatic carbocycles. The van der Waals surface area contributed by atoms with Gasteiger partial charge < -0.3 is 14.4 Å². The Morgan fingerprint density at radius 2 is 2.14 bits per heavy atom. The number of benzene rings is 1. The minimum Gasteiger partial charge on any atom is -0.497 e. The lowest BCUT2D eigenvalue weighted by Crippen LogP contribution is -2.25. The average Bonchev–Trinajstić information content (AvgIpc) is 3.28. The maximum absolute atomic E-state index is 6.30. The number of piperidine rings is 1. The molecule has 0 saturated carbocycles. The fourth-order valence-electron chi connectivity index (χ4n) is 4.13. The second-order valence-electron chi connectivity index (χ2n) is 8.01. The zero-order chi connectivity index (χ0) is 19.5. The summed E-state index contributed by atoms with van der Waals surface area (Å²) >= 11 is 1.25. The van der Waals surface area contributed by atoms with Crippen molar-refractivity contribution in [3.63, 3.8) is 0 Å². The molecule has 2 aliphatic rings. The molecule has 2 aromatic rings. The highest BCUT2D eigenvalue weighted by atomic mass is 32.1. The molecule has 1 aromatic carbocycles. The molecule has 148 valence electrons. The van der Waals surface area contributed by atoms with Crippen molar-refractivity contribution in [3.05, 3.63) is 35.5 Å². The highest BCUT2D eigenvalue weighted by molar-refractivity contribution is 6.99. The standard InChI is InChI=1S/C22H27N3O2S/c1-15(2)20(10-9-16-6-4-8-18(12-16)26-3)27-22-21(23-28-24-22)19-14-25-11-5-7-17(19)13-25/h4,6,8,12,15,17,19-20H,5,7,11,13-14H2,1-3H3/t17-,19+,20?/m1/s1. The van der Waals surface area contributed by atoms with Gasteiger partial charge in [0.05, 0.1) is 18.8 Å². The Bertz CT molecular complexity index is 870. The molecule has 1 aromatic heterocycles. The summed E-state index contributed by atoms with van der Waals surface area (Å²) in [5.74, 6) is 9.38. The van der Waals surface area contributed by atoms with Gasteiger partial charge in [0.2, 0.25) is 0 Å². The SMILES string of the molecule is COc1cccc(C#CC(Oc2nsnc2[C@H]2CN3CCC[C@@H]2C3)C(C)C)c1. The average molecular weight is 398 g/mol. The minimum atomic E-state index is -0.227. The number of fused-ring (bicyclic) bond motifs is 2. The first-order valence-electron chi connectivity index (χ1n) is 10.0. The van der Waals surface area contributed by atoms with Crippen molar-refractivity contribution in [2.24, 2.45) is 11.8 Å². The maximum Gasteiger partial charge on any atom is 0.250 e. The van der Waals surface area contributed by atoms with Gasteiger partial charge in [0.1, 0.15) is 11.4 Å². The van der Waals surface area contributed by atoms with Crippen LogP contribution in [0.4, 0.5) is 0 Å². The Kier molecular flexibility index (Phi) is 5.84. The van der Waals surface area contributed by atoms with Crippen LogP contribution in [0.5, 0.6) is 11.6 Å². The molecule has 6 heteroatoms. The van der Waals surface area contributed by atoms with Gasteiger partial charge in [-0.3, -0.25) is 0 Å². The Morgan fingerprint density at radius 3 is 2.93 bits per heavy atom. The van der Waals surface area contributed by atoms with E-state index in [-0.39, 0.29) is 12.0 Å². The topological polar surface area (TPSA) is 47.5 Å². The monoisotopic (exact) mass is 397 g/mol. The van der Waals surface area contributed by atoms with Crippen molar-refractivity contribution in [1.29, 1.82) is 0 Å². The maximum atomic E-state index is 6.30. The molecule has 28 heavy (non-hydrogen) atoms. The molecule has 0 amide bonds. The predicted molar refractivity (Wildman–Crippen MR) is 111 cm³/mol. The van der Waals surface area contributed by atoms with Crippen molar-refractivity contribution in [2.75, 3.05) is 26.7 Å². The third-order valence-electron chi connectivity index (χ3n) is 5.67. The van der Waals surface area contributed by atoms with Crippen molar-refractivity contribution >= 4 is 11.7 Å². The first-order chi connectivity index (χ1) is 13.6. The summed E-state index contributed by atoms with van der Waals surface area (Å²) in [4.78, 5) is 2.55. The molecule has 2 unspecified atom stereocenters. The van der Waals surface area contributed by atoms with Gasteiger partial charge in [-0.05, 0) is 43.5 Å². The second kappa shape index (κ2) is 8.50. The number of ether oxygens (including phenoxy) is 2. The van der Waals surface area contributed by atoms with E-state index in [4.69, 9.17) is 9.47 Å². The van der Waals surface area contributed by atoms with Crippen LogP contribution in [-0.4, -0.2) is 46.5 Å². The second-order valence-corrected chi connectivity index (χ2v) is 8.54. The van der Waals surface area contributed by atoms with Gasteiger partial charge in [0, 0.05) is 30.5 Å². The van der Waals surface area contributed by atoms with E-state index in [1.54, 1.807) is 7.11 Å². The van der Waals surface area contributed by atoms with E-state index in [2.05, 4.69) is 39.3 Å². The van der Waals surface area contributed by atoms with Gasteiger partial charge in [0.25, 0.3) is 5.88 Å². The highest BCUT2D eigenvalue weighted by Gasteiger charge is 2.39. The molecule has 0 N–H and O–H groups in total. The molecule has 2 aliphatic heterocycles. The number of hydrogen-bond donors (Lipinski definition) is 0. The fourth-order valence-corrected chi connectivity index (χ4v) is 4.68. The van der Waals surface area contributed by atoms with Gasteiger partial charge >= 0.3 is 0 Å². The van der Waals surface area contributed by atoms with Crippen LogP contribution in [0, 0.1) is 23.7 Å². The fraction of sp³-hybridized carbons (Fsp3) is 0.545. The van der Waals surface area contributed by atoms with Crippen LogP contribution in [0.25, 0.3) is 0 Å². The summed E-state index contributed by atoms with van der Waals surface area (Å²) < 4.78 is 20.7. The van der Waals surface area contributed by atoms with Crippen LogP contribution < -0.4 is 9.47 Å². The third-order valence-corrected chi connectivity index (χ3v) is 6.20. The number of hydrogen-bond acceptors (Lipinski definition) is 6. The first kappa shape index (κ1) is 19.2. The Labute approximate surface area is 171 Å². The van der Waals surface area contributed by atoms with Crippen molar-refractivity contribution < 1.29 is 9.47 Å². The van der Waals surface area contributed by atoms with Crippen LogP contribution in [0.1, 0.15) is 43.9 Å². The van der Waals surface area contributed by atoms with Gasteiger partial charge in [0.15, 0.2) is 6.10 Å². The van der Waals surface area contributed by atoms with Gasteiger partial charge in [-0.25, -0.2) is 0 Å². The summed E-state index contributed by atoms with van der Waals surface area (Å²) in [5.41, 5.74) is 1.95. The summed E-state index contributed by atoms with van der Waals surface area (Å²) in [6.45, 7) is 7.72. The number of aromatic nitrogens is 2. The summed E-state index contributed by atoms with van der Waals surface area (Å²) in [6.07, 6.45) is 2.34. The van der Waals surface area contributed by atoms with E-state index in [9.17, 15) is 0 Å². The molecule has 2 fully saturated rings. The molecule has 4 atom stereocenters. The normalized spacial score (nSPS) is 24.5. The predicted octanol–water partition coefficient (Wildman–Crippen LogP) is 3.81. The zero-order valence-electron chi connectivity index (χ0n) is 16.7. The van der Waals surface area contributed by atoms with E-state index in [0.717, 1.165) is 23.6 Å². The molecule has 3 heterocycles. The van der Waals surface area contributed by atoms with Gasteiger partial charge in [-0.1, -0.05) is 31.8 Å². The molecule has 0 radical (unpaired) electrons. The van der Waals surface area contributed by atoms with E-state index >= 15 is 0 Å². The zero-order valence-corrected chi connectivity index (χ0v) is 17.5. The number of methoxy groups -OCH3 is 1. The molecule has 0 spiro atoms. The largest absolute Gasteiger partial charge is 0.497 e. The van der Waals surface area contributed by atoms with Gasteiger partial charge in [-0.15, -0.1) is 4.37 Å². The summed E-state index contributed by atoms with van der Waals surface area (Å²) in [5, 5.41) is 0. The molecule has 4 rings (SSSR count). The van der Waals surface area contributed by atoms with Crippen LogP contribution in [-0.2, 0) is 0 Å². The molecule has 5 nitrogen and oxygen atoms in total. The van der Waals surface area contributed by atoms with Crippen LogP contribution in [0.2, 0.25) is 0 Å². The number of nitrogens with zero attached hydrogens (tertiary/aromatic N) is 3. The van der Waals surface area contributed by atoms with Crippen LogP contribution in [0.3, 0.4) is 0 Å². The quantitative estimate of drug-likeness (QED) is 0.718. The smallest absolute Gasteiger partial charge is 0.250 e. The highest BCUT2D eigenvalue weighted by Crippen LogP contribution is 2.41. The van der Waals surface area contributed by atoms with Gasteiger partial charge in [-0.2, -0.15) is 4.37 Å². The van der Waals surface area contributed by atoms with E-state index in [1.807, 2.05) is 24.3 Å². The van der Waals surface area contributed by atoms with E-state index in [0.29, 0.717) is 17.7 Å². The molecule has 2 bridgehead atoms.